The molecule has 5 nitrogen and oxygen atoms in total. The van der Waals surface area contributed by atoms with Gasteiger partial charge in [-0.3, -0.25) is 4.79 Å². The molecule has 106 valence electrons. The molecule has 1 amide bonds. The highest BCUT2D eigenvalue weighted by atomic mass is 19.4. The lowest BCUT2D eigenvalue weighted by Crippen LogP contribution is -2.39. The smallest absolute Gasteiger partial charge is 0.349 e. The quantitative estimate of drug-likeness (QED) is 0.552. The van der Waals surface area contributed by atoms with Crippen molar-refractivity contribution in [3.8, 4) is 0 Å². The van der Waals surface area contributed by atoms with Crippen molar-refractivity contribution in [1.29, 1.82) is 0 Å². The van der Waals surface area contributed by atoms with Crippen molar-refractivity contribution in [2.75, 3.05) is 48.3 Å². The van der Waals surface area contributed by atoms with E-state index in [2.05, 4.69) is 4.99 Å². The normalized spacial score (nSPS) is 10.9. The fraction of sp³-hybridized carbons (Fsp3) is 0.800. The third-order valence-corrected chi connectivity index (χ3v) is 2.00. The van der Waals surface area contributed by atoms with E-state index in [1.54, 1.807) is 38.0 Å². The first-order valence-electron chi connectivity index (χ1n) is 5.24. The molecule has 0 radical (unpaired) electrons. The number of amides is 1. The van der Waals surface area contributed by atoms with Gasteiger partial charge in [0.05, 0.1) is 0 Å². The second-order valence-electron chi connectivity index (χ2n) is 4.27. The van der Waals surface area contributed by atoms with Crippen LogP contribution in [0.5, 0.6) is 0 Å². The van der Waals surface area contributed by atoms with Crippen LogP contribution in [-0.4, -0.2) is 81.1 Å². The van der Waals surface area contributed by atoms with Gasteiger partial charge < -0.3 is 14.7 Å². The van der Waals surface area contributed by atoms with Crippen molar-refractivity contribution in [3.63, 3.8) is 0 Å². The fourth-order valence-corrected chi connectivity index (χ4v) is 1.30. The summed E-state index contributed by atoms with van der Waals surface area (Å²) in [5.74, 6) is -0.155. The Bertz CT molecular complexity index is 303. The molecule has 0 fully saturated rings. The van der Waals surface area contributed by atoms with Crippen molar-refractivity contribution in [3.05, 3.63) is 0 Å². The maximum atomic E-state index is 12.1. The van der Waals surface area contributed by atoms with E-state index >= 15 is 0 Å². The predicted octanol–water partition coefficient (Wildman–Crippen LogP) is 0.486. The minimum absolute atomic E-state index is 0.307. The van der Waals surface area contributed by atoms with Crippen LogP contribution in [0.2, 0.25) is 0 Å². The first-order valence-corrected chi connectivity index (χ1v) is 5.24. The monoisotopic (exact) mass is 268 g/mol. The van der Waals surface area contributed by atoms with Crippen LogP contribution in [0, 0.1) is 0 Å². The predicted molar refractivity (Wildman–Crippen MR) is 63.4 cm³/mol. The van der Waals surface area contributed by atoms with Gasteiger partial charge in [-0.15, -0.1) is 0 Å². The van der Waals surface area contributed by atoms with Crippen LogP contribution >= 0.6 is 0 Å². The number of halogens is 3. The Morgan fingerprint density at radius 1 is 1.06 bits per heavy atom. The molecule has 0 bridgehead atoms. The number of nitrogens with zero attached hydrogens (tertiary/aromatic N) is 4. The summed E-state index contributed by atoms with van der Waals surface area (Å²) in [4.78, 5) is 19.4. The summed E-state index contributed by atoms with van der Waals surface area (Å²) in [7, 11) is 8.06. The number of alkyl halides is 3. The topological polar surface area (TPSA) is 39.2 Å². The van der Waals surface area contributed by atoms with Crippen molar-refractivity contribution in [2.24, 2.45) is 4.99 Å². The van der Waals surface area contributed by atoms with Crippen LogP contribution in [0.25, 0.3) is 0 Å². The average Bonchev–Trinajstić information content (AvgIpc) is 2.13. The molecule has 0 atom stereocenters. The first-order chi connectivity index (χ1) is 8.04. The molecule has 18 heavy (non-hydrogen) atoms. The van der Waals surface area contributed by atoms with E-state index in [4.69, 9.17) is 0 Å². The van der Waals surface area contributed by atoms with Crippen molar-refractivity contribution in [2.45, 2.75) is 6.18 Å². The lowest BCUT2D eigenvalue weighted by molar-refractivity contribution is -0.157. The van der Waals surface area contributed by atoms with E-state index in [0.29, 0.717) is 10.9 Å². The summed E-state index contributed by atoms with van der Waals surface area (Å²) < 4.78 is 36.2. The summed E-state index contributed by atoms with van der Waals surface area (Å²) in [6.07, 6.45) is -4.39. The zero-order chi connectivity index (χ0) is 14.5. The molecular weight excluding hydrogens is 249 g/mol. The van der Waals surface area contributed by atoms with Gasteiger partial charge in [-0.05, 0) is 0 Å². The Morgan fingerprint density at radius 3 is 1.83 bits per heavy atom. The number of carbonyl (C=O) groups excluding carboxylic acids is 1. The van der Waals surface area contributed by atoms with E-state index in [0.717, 1.165) is 7.05 Å². The van der Waals surface area contributed by atoms with Gasteiger partial charge in [0.2, 0.25) is 5.91 Å². The van der Waals surface area contributed by atoms with Crippen LogP contribution in [0.15, 0.2) is 4.99 Å². The summed E-state index contributed by atoms with van der Waals surface area (Å²) in [6, 6.07) is 0. The highest BCUT2D eigenvalue weighted by Gasteiger charge is 2.31. The maximum Gasteiger partial charge on any atom is 0.406 e. The minimum atomic E-state index is -4.39. The molecule has 0 aliphatic carbocycles. The Kier molecular flexibility index (Phi) is 5.93. The molecular formula is C10H19F3N4O. The van der Waals surface area contributed by atoms with E-state index in [-0.39, 0.29) is 6.54 Å². The van der Waals surface area contributed by atoms with Crippen LogP contribution in [0.3, 0.4) is 0 Å². The number of carbonyl (C=O) groups is 1. The SMILES string of the molecule is CN(C)C(=NCC(=O)N(C)CC(F)(F)F)N(C)C. The molecule has 0 rings (SSSR count). The number of hydrogen-bond donors (Lipinski definition) is 0. The van der Waals surface area contributed by atoms with Gasteiger partial charge in [0.1, 0.15) is 13.1 Å². The van der Waals surface area contributed by atoms with Gasteiger partial charge in [-0.2, -0.15) is 13.2 Å². The first kappa shape index (κ1) is 16.5. The van der Waals surface area contributed by atoms with Gasteiger partial charge >= 0.3 is 6.18 Å². The molecule has 0 spiro atoms. The maximum absolute atomic E-state index is 12.1. The molecule has 0 aliphatic heterocycles. The molecule has 0 aromatic carbocycles. The molecule has 8 heteroatoms. The summed E-state index contributed by atoms with van der Waals surface area (Å²) in [5, 5.41) is 0. The van der Waals surface area contributed by atoms with Crippen LogP contribution in [0.4, 0.5) is 13.2 Å². The molecule has 0 aliphatic rings. The summed E-state index contributed by atoms with van der Waals surface area (Å²) >= 11 is 0. The van der Waals surface area contributed by atoms with E-state index in [9.17, 15) is 18.0 Å². The number of guanidine groups is 1. The van der Waals surface area contributed by atoms with Gasteiger partial charge in [-0.1, -0.05) is 0 Å². The fourth-order valence-electron chi connectivity index (χ4n) is 1.30. The lowest BCUT2D eigenvalue weighted by Gasteiger charge is -2.23. The second kappa shape index (κ2) is 6.46. The second-order valence-corrected chi connectivity index (χ2v) is 4.27. The summed E-state index contributed by atoms with van der Waals surface area (Å²) in [5.41, 5.74) is 0. The third-order valence-electron chi connectivity index (χ3n) is 2.00. The van der Waals surface area contributed by atoms with Crippen LogP contribution < -0.4 is 0 Å². The lowest BCUT2D eigenvalue weighted by atomic mass is 10.5. The van der Waals surface area contributed by atoms with Crippen molar-refractivity contribution in [1.82, 2.24) is 14.7 Å². The number of aliphatic imine (C=N–C) groups is 1. The Balaban J connectivity index is 4.52. The van der Waals surface area contributed by atoms with Gasteiger partial charge in [0.15, 0.2) is 5.96 Å². The number of hydrogen-bond acceptors (Lipinski definition) is 2. The zero-order valence-electron chi connectivity index (χ0n) is 11.2. The van der Waals surface area contributed by atoms with Crippen LogP contribution in [-0.2, 0) is 4.79 Å². The molecule has 0 saturated heterocycles. The largest absolute Gasteiger partial charge is 0.406 e. The molecule has 0 heterocycles. The third kappa shape index (κ3) is 6.31. The Labute approximate surface area is 105 Å². The van der Waals surface area contributed by atoms with Gasteiger partial charge in [0, 0.05) is 35.2 Å². The highest BCUT2D eigenvalue weighted by molar-refractivity contribution is 5.84. The Morgan fingerprint density at radius 2 is 1.50 bits per heavy atom. The van der Waals surface area contributed by atoms with Crippen molar-refractivity contribution >= 4 is 11.9 Å². The van der Waals surface area contributed by atoms with E-state index in [1.165, 1.54) is 0 Å². The number of likely N-dealkylation sites (N-methyl/N-ethyl adjacent to an activating group) is 1. The van der Waals surface area contributed by atoms with E-state index < -0.39 is 18.6 Å². The standard InChI is InChI=1S/C10H19F3N4O/c1-15(2)9(16(3)4)14-6-8(18)17(5)7-10(11,12)13/h6-7H2,1-5H3. The average molecular weight is 268 g/mol. The zero-order valence-corrected chi connectivity index (χ0v) is 11.2. The van der Waals surface area contributed by atoms with Gasteiger partial charge in [0.25, 0.3) is 0 Å². The minimum Gasteiger partial charge on any atom is -0.349 e. The summed E-state index contributed by atoms with van der Waals surface area (Å²) in [6.45, 7) is -1.57. The molecule has 0 unspecified atom stereocenters. The van der Waals surface area contributed by atoms with Gasteiger partial charge in [-0.25, -0.2) is 4.99 Å². The molecule has 0 saturated carbocycles. The highest BCUT2D eigenvalue weighted by Crippen LogP contribution is 2.15. The number of rotatable bonds is 3. The molecule has 0 N–H and O–H groups in total. The van der Waals surface area contributed by atoms with Crippen LogP contribution in [0.1, 0.15) is 0 Å². The molecule has 0 aromatic heterocycles. The van der Waals surface area contributed by atoms with Crippen molar-refractivity contribution < 1.29 is 18.0 Å². The Hall–Kier alpha value is -1.47. The molecule has 0 aromatic rings. The van der Waals surface area contributed by atoms with E-state index in [1.807, 2.05) is 0 Å².